The number of unbranched alkanes of at least 4 members (excludes halogenated alkanes) is 6. The van der Waals surface area contributed by atoms with E-state index in [0.717, 1.165) is 47.3 Å². The van der Waals surface area contributed by atoms with Gasteiger partial charge in [-0.05, 0) is 61.4 Å². The number of benzene rings is 2. The van der Waals surface area contributed by atoms with Gasteiger partial charge in [0, 0.05) is 9.79 Å². The predicted molar refractivity (Wildman–Crippen MR) is 137 cm³/mol. The molecule has 0 bridgehead atoms. The first-order valence-corrected chi connectivity index (χ1v) is 11.9. The summed E-state index contributed by atoms with van der Waals surface area (Å²) in [6.45, 7) is 8.75. The lowest BCUT2D eigenvalue weighted by Gasteiger charge is -2.05. The molecule has 0 radical (unpaired) electrons. The van der Waals surface area contributed by atoms with Gasteiger partial charge in [-0.3, -0.25) is 0 Å². The monoisotopic (exact) mass is 462 g/mol. The molecule has 172 valence electrons. The molecule has 0 saturated heterocycles. The average molecular weight is 463 g/mol. The van der Waals surface area contributed by atoms with Gasteiger partial charge in [0.25, 0.3) is 0 Å². The molecule has 31 heavy (non-hydrogen) atoms. The van der Waals surface area contributed by atoms with Crippen LogP contribution in [0.3, 0.4) is 0 Å². The normalized spacial score (nSPS) is 9.42. The van der Waals surface area contributed by atoms with Crippen LogP contribution in [0.15, 0.2) is 58.3 Å². The average Bonchev–Trinajstić information content (AvgIpc) is 2.77. The summed E-state index contributed by atoms with van der Waals surface area (Å²) in [5.41, 5.74) is 7.08. The minimum atomic E-state index is 0.825. The van der Waals surface area contributed by atoms with E-state index in [1.54, 1.807) is 0 Å². The maximum Gasteiger partial charge on any atom is 0.245 e. The topological polar surface area (TPSA) is 54.9 Å². The van der Waals surface area contributed by atoms with Crippen LogP contribution in [-0.4, -0.2) is 24.7 Å². The minimum Gasteiger partial charge on any atom is -0.494 e. The smallest absolute Gasteiger partial charge is 0.245 e. The highest BCUT2D eigenvalue weighted by Crippen LogP contribution is 2.15. The molecule has 0 saturated carbocycles. The summed E-state index contributed by atoms with van der Waals surface area (Å²) >= 11 is 8.43. The molecular formula is C25H38N2O2S2. The standard InChI is InChI=1S/2C12H18OS.CH2N2/c2*1-2-3-4-5-10-13-11-6-8-12(14)9-7-11;1-3-2/h2*6-9,14H,2-5,10H2,1H3;1H2. The molecule has 6 heteroatoms. The highest BCUT2D eigenvalue weighted by molar-refractivity contribution is 7.80. The van der Waals surface area contributed by atoms with Crippen molar-refractivity contribution in [1.82, 2.24) is 0 Å². The first-order valence-electron chi connectivity index (χ1n) is 11.0. The van der Waals surface area contributed by atoms with Crippen molar-refractivity contribution < 1.29 is 14.3 Å². The molecule has 0 N–H and O–H groups in total. The highest BCUT2D eigenvalue weighted by atomic mass is 32.1. The van der Waals surface area contributed by atoms with E-state index in [2.05, 4.69) is 50.6 Å². The third-order valence-electron chi connectivity index (χ3n) is 4.21. The SMILES string of the molecule is C=[N+]=[N-].CCCCCCOc1ccc(S)cc1.CCCCCCOc1ccc(S)cc1. The second-order valence-electron chi connectivity index (χ2n) is 6.95. The van der Waals surface area contributed by atoms with Crippen LogP contribution in [-0.2, 0) is 0 Å². The first-order chi connectivity index (χ1) is 15.1. The van der Waals surface area contributed by atoms with Crippen LogP contribution in [0.5, 0.6) is 11.5 Å². The number of thiol groups is 2. The van der Waals surface area contributed by atoms with Crippen LogP contribution in [0, 0.1) is 0 Å². The van der Waals surface area contributed by atoms with Gasteiger partial charge in [-0.25, -0.2) is 0 Å². The van der Waals surface area contributed by atoms with E-state index in [4.69, 9.17) is 15.0 Å². The fourth-order valence-corrected chi connectivity index (χ4v) is 2.82. The van der Waals surface area contributed by atoms with Crippen molar-refractivity contribution >= 4 is 32.0 Å². The largest absolute Gasteiger partial charge is 0.494 e. The van der Waals surface area contributed by atoms with Crippen LogP contribution >= 0.6 is 25.3 Å². The Bertz CT molecular complexity index is 630. The molecule has 0 atom stereocenters. The molecule has 0 heterocycles. The maximum absolute atomic E-state index is 7.08. The third-order valence-corrected chi connectivity index (χ3v) is 4.80. The van der Waals surface area contributed by atoms with Crippen molar-refractivity contribution in [2.45, 2.75) is 75.0 Å². The first kappa shape index (κ1) is 29.1. The van der Waals surface area contributed by atoms with E-state index in [-0.39, 0.29) is 0 Å². The molecule has 0 aliphatic rings. The van der Waals surface area contributed by atoms with Gasteiger partial charge < -0.3 is 15.0 Å². The van der Waals surface area contributed by atoms with Gasteiger partial charge in [0.2, 0.25) is 6.72 Å². The van der Waals surface area contributed by atoms with Crippen molar-refractivity contribution in [3.05, 3.63) is 54.1 Å². The Labute approximate surface area is 199 Å². The lowest BCUT2D eigenvalue weighted by atomic mass is 10.2. The fraction of sp³-hybridized carbons (Fsp3) is 0.480. The number of rotatable bonds is 12. The summed E-state index contributed by atoms with van der Waals surface area (Å²) in [5, 5.41) is 0. The van der Waals surface area contributed by atoms with Crippen molar-refractivity contribution in [2.24, 2.45) is 0 Å². The zero-order valence-corrected chi connectivity index (χ0v) is 20.8. The zero-order chi connectivity index (χ0) is 23.2. The molecule has 0 amide bonds. The van der Waals surface area contributed by atoms with E-state index in [9.17, 15) is 0 Å². The van der Waals surface area contributed by atoms with E-state index in [1.165, 1.54) is 38.5 Å². The Morgan fingerprint density at radius 2 is 1.00 bits per heavy atom. The van der Waals surface area contributed by atoms with Crippen molar-refractivity contribution in [3.63, 3.8) is 0 Å². The van der Waals surface area contributed by atoms with Crippen LogP contribution in [0.25, 0.3) is 5.53 Å². The van der Waals surface area contributed by atoms with E-state index in [1.807, 2.05) is 48.5 Å². The van der Waals surface area contributed by atoms with Gasteiger partial charge in [0.15, 0.2) is 0 Å². The van der Waals surface area contributed by atoms with Crippen LogP contribution in [0.4, 0.5) is 0 Å². The highest BCUT2D eigenvalue weighted by Gasteiger charge is 1.94. The molecule has 2 aromatic carbocycles. The van der Waals surface area contributed by atoms with E-state index >= 15 is 0 Å². The predicted octanol–water partition coefficient (Wildman–Crippen LogP) is 7.79. The van der Waals surface area contributed by atoms with Crippen molar-refractivity contribution in [1.29, 1.82) is 0 Å². The molecule has 0 fully saturated rings. The molecule has 2 aromatic rings. The zero-order valence-electron chi connectivity index (χ0n) is 19.0. The van der Waals surface area contributed by atoms with Crippen molar-refractivity contribution in [3.8, 4) is 11.5 Å². The van der Waals surface area contributed by atoms with Crippen molar-refractivity contribution in [2.75, 3.05) is 13.2 Å². The number of nitrogens with zero attached hydrogens (tertiary/aromatic N) is 2. The molecule has 0 aliphatic carbocycles. The van der Waals surface area contributed by atoms with Crippen LogP contribution < -0.4 is 9.47 Å². The molecule has 0 aliphatic heterocycles. The van der Waals surface area contributed by atoms with Gasteiger partial charge in [0.05, 0.1) is 13.2 Å². The van der Waals surface area contributed by atoms with E-state index < -0.39 is 0 Å². The molecule has 0 aromatic heterocycles. The summed E-state index contributed by atoms with van der Waals surface area (Å²) in [6.07, 6.45) is 9.98. The molecule has 0 unspecified atom stereocenters. The summed E-state index contributed by atoms with van der Waals surface area (Å²) in [6, 6.07) is 15.6. The summed E-state index contributed by atoms with van der Waals surface area (Å²) < 4.78 is 11.1. The Kier molecular flexibility index (Phi) is 20.1. The Balaban J connectivity index is 0.000000516. The van der Waals surface area contributed by atoms with Gasteiger partial charge in [0.1, 0.15) is 11.5 Å². The third kappa shape index (κ3) is 18.6. The molecule has 4 nitrogen and oxygen atoms in total. The van der Waals surface area contributed by atoms with Gasteiger partial charge in [-0.2, -0.15) is 4.79 Å². The maximum atomic E-state index is 7.08. The number of hydrogen-bond donors (Lipinski definition) is 2. The second-order valence-corrected chi connectivity index (χ2v) is 7.98. The Morgan fingerprint density at radius 1 is 0.677 bits per heavy atom. The molecule has 2 rings (SSSR count). The number of hydrogen-bond acceptors (Lipinski definition) is 4. The lowest BCUT2D eigenvalue weighted by molar-refractivity contribution is 0.0110. The van der Waals surface area contributed by atoms with Gasteiger partial charge in [-0.15, -0.1) is 25.3 Å². The molecular weight excluding hydrogens is 424 g/mol. The fourth-order valence-electron chi connectivity index (χ4n) is 2.52. The Hall–Kier alpha value is -1.88. The van der Waals surface area contributed by atoms with Gasteiger partial charge in [-0.1, -0.05) is 52.4 Å². The lowest BCUT2D eigenvalue weighted by Crippen LogP contribution is -1.96. The summed E-state index contributed by atoms with van der Waals surface area (Å²) in [4.78, 5) is 4.20. The number of ether oxygens (including phenoxy) is 2. The minimum absolute atomic E-state index is 0.825. The van der Waals surface area contributed by atoms with Crippen LogP contribution in [0.2, 0.25) is 0 Å². The van der Waals surface area contributed by atoms with Crippen LogP contribution in [0.1, 0.15) is 65.2 Å². The quantitative estimate of drug-likeness (QED) is 0.111. The Morgan fingerprint density at radius 3 is 1.29 bits per heavy atom. The van der Waals surface area contributed by atoms with E-state index in [0.29, 0.717) is 0 Å². The summed E-state index contributed by atoms with van der Waals surface area (Å²) in [5.74, 6) is 1.89. The van der Waals surface area contributed by atoms with Gasteiger partial charge >= 0.3 is 0 Å². The second kappa shape index (κ2) is 21.4. The summed E-state index contributed by atoms with van der Waals surface area (Å²) in [7, 11) is 0. The molecule has 0 spiro atoms.